The molecular formula is C16H25NO2. The van der Waals surface area contributed by atoms with Gasteiger partial charge in [-0.3, -0.25) is 0 Å². The van der Waals surface area contributed by atoms with Gasteiger partial charge in [0.15, 0.2) is 0 Å². The monoisotopic (exact) mass is 263 g/mol. The van der Waals surface area contributed by atoms with Crippen molar-refractivity contribution in [3.8, 4) is 0 Å². The van der Waals surface area contributed by atoms with Crippen LogP contribution >= 0.6 is 0 Å². The fraction of sp³-hybridized carbons (Fsp3) is 0.625. The van der Waals surface area contributed by atoms with Crippen LogP contribution in [-0.2, 0) is 4.74 Å². The lowest BCUT2D eigenvalue weighted by atomic mass is 9.94. The Kier molecular flexibility index (Phi) is 4.83. The summed E-state index contributed by atoms with van der Waals surface area (Å²) in [6.45, 7) is 6.20. The van der Waals surface area contributed by atoms with Crippen LogP contribution in [0.2, 0.25) is 0 Å². The van der Waals surface area contributed by atoms with Crippen LogP contribution in [0.3, 0.4) is 0 Å². The number of benzene rings is 1. The molecule has 0 spiro atoms. The lowest BCUT2D eigenvalue weighted by Gasteiger charge is -2.38. The molecule has 2 rings (SSSR count). The van der Waals surface area contributed by atoms with E-state index in [-0.39, 0.29) is 12.2 Å². The molecule has 3 nitrogen and oxygen atoms in total. The second kappa shape index (κ2) is 6.40. The fourth-order valence-corrected chi connectivity index (χ4v) is 2.84. The first kappa shape index (κ1) is 14.4. The Hall–Kier alpha value is -1.06. The molecule has 0 saturated carbocycles. The van der Waals surface area contributed by atoms with Crippen molar-refractivity contribution in [2.75, 3.05) is 25.1 Å². The van der Waals surface area contributed by atoms with Crippen molar-refractivity contribution >= 4 is 5.69 Å². The molecule has 0 aliphatic carbocycles. The first-order valence-corrected chi connectivity index (χ1v) is 7.22. The van der Waals surface area contributed by atoms with Crippen LogP contribution in [0.4, 0.5) is 5.69 Å². The van der Waals surface area contributed by atoms with Gasteiger partial charge in [-0.05, 0) is 24.8 Å². The van der Waals surface area contributed by atoms with Crippen LogP contribution in [0.15, 0.2) is 24.3 Å². The molecule has 1 aliphatic rings. The molecule has 3 atom stereocenters. The predicted octanol–water partition coefficient (Wildman–Crippen LogP) is 2.99. The summed E-state index contributed by atoms with van der Waals surface area (Å²) in [6, 6.07) is 8.18. The van der Waals surface area contributed by atoms with Crippen molar-refractivity contribution in [2.24, 2.45) is 5.92 Å². The Morgan fingerprint density at radius 3 is 2.84 bits per heavy atom. The van der Waals surface area contributed by atoms with Crippen molar-refractivity contribution in [1.29, 1.82) is 0 Å². The summed E-state index contributed by atoms with van der Waals surface area (Å²) in [4.78, 5) is 2.35. The number of hydrogen-bond acceptors (Lipinski definition) is 3. The maximum Gasteiger partial charge on any atom is 0.0807 e. The van der Waals surface area contributed by atoms with Crippen molar-refractivity contribution < 1.29 is 9.84 Å². The molecule has 1 N–H and O–H groups in total. The minimum Gasteiger partial charge on any atom is -0.388 e. The molecule has 0 amide bonds. The quantitative estimate of drug-likeness (QED) is 0.906. The second-order valence-corrected chi connectivity index (χ2v) is 5.47. The van der Waals surface area contributed by atoms with E-state index in [0.717, 1.165) is 37.2 Å². The van der Waals surface area contributed by atoms with Gasteiger partial charge in [0.1, 0.15) is 0 Å². The van der Waals surface area contributed by atoms with E-state index in [9.17, 15) is 5.11 Å². The Morgan fingerprint density at radius 2 is 2.16 bits per heavy atom. The summed E-state index contributed by atoms with van der Waals surface area (Å²) >= 11 is 0. The Labute approximate surface area is 116 Å². The van der Waals surface area contributed by atoms with Crippen LogP contribution < -0.4 is 4.90 Å². The van der Waals surface area contributed by atoms with Gasteiger partial charge in [0, 0.05) is 31.5 Å². The van der Waals surface area contributed by atoms with Gasteiger partial charge in [-0.15, -0.1) is 0 Å². The summed E-state index contributed by atoms with van der Waals surface area (Å²) in [5.74, 6) is 0.601. The molecule has 3 unspecified atom stereocenters. The number of aliphatic hydroxyl groups excluding tert-OH is 1. The van der Waals surface area contributed by atoms with Crippen molar-refractivity contribution in [2.45, 2.75) is 38.9 Å². The maximum atomic E-state index is 10.2. The molecule has 1 heterocycles. The highest BCUT2D eigenvalue weighted by molar-refractivity contribution is 5.55. The molecule has 0 aromatic heterocycles. The van der Waals surface area contributed by atoms with Crippen molar-refractivity contribution in [3.63, 3.8) is 0 Å². The van der Waals surface area contributed by atoms with Gasteiger partial charge in [-0.25, -0.2) is 0 Å². The average molecular weight is 263 g/mol. The normalized spacial score (nSPS) is 25.4. The highest BCUT2D eigenvalue weighted by Gasteiger charge is 2.27. The van der Waals surface area contributed by atoms with E-state index in [0.29, 0.717) is 5.92 Å². The van der Waals surface area contributed by atoms with Gasteiger partial charge in [-0.1, -0.05) is 32.0 Å². The molecule has 106 valence electrons. The smallest absolute Gasteiger partial charge is 0.0807 e. The lowest BCUT2D eigenvalue weighted by molar-refractivity contribution is 0.0496. The molecule has 0 radical (unpaired) electrons. The second-order valence-electron chi connectivity index (χ2n) is 5.47. The fourth-order valence-electron chi connectivity index (χ4n) is 2.84. The van der Waals surface area contributed by atoms with Crippen LogP contribution in [-0.4, -0.2) is 31.4 Å². The van der Waals surface area contributed by atoms with E-state index < -0.39 is 0 Å². The molecular weight excluding hydrogens is 238 g/mol. The van der Waals surface area contributed by atoms with Gasteiger partial charge in [0.2, 0.25) is 0 Å². The number of anilines is 1. The van der Waals surface area contributed by atoms with Crippen LogP contribution in [0, 0.1) is 5.92 Å². The standard InChI is InChI=1S/C16H25NO2/c1-4-15(18)13-7-5-6-8-14(13)17-10-9-12(2)16(11-17)19-3/h5-8,12,15-16,18H,4,9-11H2,1-3H3. The van der Waals surface area contributed by atoms with Crippen LogP contribution in [0.25, 0.3) is 0 Å². The zero-order valence-electron chi connectivity index (χ0n) is 12.2. The van der Waals surface area contributed by atoms with Gasteiger partial charge in [-0.2, -0.15) is 0 Å². The molecule has 0 bridgehead atoms. The number of rotatable bonds is 4. The average Bonchev–Trinajstić information content (AvgIpc) is 2.47. The predicted molar refractivity (Wildman–Crippen MR) is 78.5 cm³/mol. The number of hydrogen-bond donors (Lipinski definition) is 1. The third kappa shape index (κ3) is 3.10. The number of piperidine rings is 1. The summed E-state index contributed by atoms with van der Waals surface area (Å²) in [5, 5.41) is 10.2. The van der Waals surface area contributed by atoms with Gasteiger partial charge in [0.25, 0.3) is 0 Å². The molecule has 3 heteroatoms. The SMILES string of the molecule is CCC(O)c1ccccc1N1CCC(C)C(OC)C1. The maximum absolute atomic E-state index is 10.2. The molecule has 1 aromatic carbocycles. The Morgan fingerprint density at radius 1 is 1.42 bits per heavy atom. The molecule has 1 fully saturated rings. The first-order chi connectivity index (χ1) is 9.17. The Balaban J connectivity index is 2.22. The van der Waals surface area contributed by atoms with E-state index in [2.05, 4.69) is 17.9 Å². The van der Waals surface area contributed by atoms with Crippen LogP contribution in [0.1, 0.15) is 38.4 Å². The number of nitrogens with zero attached hydrogens (tertiary/aromatic N) is 1. The summed E-state index contributed by atoms with van der Waals surface area (Å²) < 4.78 is 5.58. The summed E-state index contributed by atoms with van der Waals surface area (Å²) in [7, 11) is 1.79. The number of aliphatic hydroxyl groups is 1. The van der Waals surface area contributed by atoms with Crippen molar-refractivity contribution in [1.82, 2.24) is 0 Å². The topological polar surface area (TPSA) is 32.7 Å². The largest absolute Gasteiger partial charge is 0.388 e. The van der Waals surface area contributed by atoms with E-state index in [1.807, 2.05) is 25.1 Å². The highest BCUT2D eigenvalue weighted by atomic mass is 16.5. The van der Waals surface area contributed by atoms with E-state index in [1.54, 1.807) is 7.11 Å². The molecule has 1 saturated heterocycles. The minimum absolute atomic E-state index is 0.278. The summed E-state index contributed by atoms with van der Waals surface area (Å²) in [5.41, 5.74) is 2.19. The van der Waals surface area contributed by atoms with Gasteiger partial charge in [0.05, 0.1) is 12.2 Å². The number of ether oxygens (including phenoxy) is 1. The number of methoxy groups -OCH3 is 1. The molecule has 1 aliphatic heterocycles. The zero-order valence-corrected chi connectivity index (χ0v) is 12.2. The van der Waals surface area contributed by atoms with E-state index >= 15 is 0 Å². The van der Waals surface area contributed by atoms with E-state index in [4.69, 9.17) is 4.74 Å². The number of para-hydroxylation sites is 1. The summed E-state index contributed by atoms with van der Waals surface area (Å²) in [6.07, 6.45) is 1.78. The first-order valence-electron chi connectivity index (χ1n) is 7.22. The third-order valence-electron chi connectivity index (χ3n) is 4.22. The van der Waals surface area contributed by atoms with Gasteiger partial charge < -0.3 is 14.7 Å². The van der Waals surface area contributed by atoms with Crippen LogP contribution in [0.5, 0.6) is 0 Å². The molecule has 1 aromatic rings. The minimum atomic E-state index is -0.378. The third-order valence-corrected chi connectivity index (χ3v) is 4.22. The molecule has 19 heavy (non-hydrogen) atoms. The lowest BCUT2D eigenvalue weighted by Crippen LogP contribution is -2.44. The highest BCUT2D eigenvalue weighted by Crippen LogP contribution is 2.31. The van der Waals surface area contributed by atoms with Crippen molar-refractivity contribution in [3.05, 3.63) is 29.8 Å². The zero-order chi connectivity index (χ0) is 13.8. The van der Waals surface area contributed by atoms with Gasteiger partial charge >= 0.3 is 0 Å². The van der Waals surface area contributed by atoms with E-state index in [1.165, 1.54) is 0 Å². The Bertz CT molecular complexity index is 407.